The van der Waals surface area contributed by atoms with Gasteiger partial charge in [0.2, 0.25) is 0 Å². The quantitative estimate of drug-likeness (QED) is 0.150. The molecule has 294 valence electrons. The van der Waals surface area contributed by atoms with Gasteiger partial charge in [-0.25, -0.2) is 9.97 Å². The van der Waals surface area contributed by atoms with Crippen LogP contribution >= 0.6 is 0 Å². The lowest BCUT2D eigenvalue weighted by atomic mass is 10.1. The van der Waals surface area contributed by atoms with Crippen LogP contribution in [0.1, 0.15) is 0 Å². The number of aromatic nitrogens is 4. The molecule has 62 heavy (non-hydrogen) atoms. The lowest BCUT2D eigenvalue weighted by Gasteiger charge is -2.46. The zero-order chi connectivity index (χ0) is 41.2. The molecule has 0 bridgehead atoms. The number of rotatable bonds is 7. The van der Waals surface area contributed by atoms with E-state index >= 15 is 0 Å². The van der Waals surface area contributed by atoms with E-state index in [-0.39, 0.29) is 0 Å². The number of aryl methyl sites for hydroxylation is 1. The number of imidazole rings is 1. The Morgan fingerprint density at radius 1 is 0.548 bits per heavy atom. The smallest absolute Gasteiger partial charge is 0.188 e. The molecule has 0 N–H and O–H groups in total. The van der Waals surface area contributed by atoms with E-state index in [4.69, 9.17) is 14.7 Å². The molecule has 1 aliphatic rings. The van der Waals surface area contributed by atoms with Crippen LogP contribution in [0.2, 0.25) is 0 Å². The highest BCUT2D eigenvalue weighted by atomic mass is 28.3. The molecule has 11 aromatic rings. The number of anilines is 3. The van der Waals surface area contributed by atoms with Crippen LogP contribution in [0.5, 0.6) is 11.5 Å². The van der Waals surface area contributed by atoms with Crippen molar-refractivity contribution >= 4 is 78.7 Å². The molecule has 0 unspecified atom stereocenters. The topological polar surface area (TPSA) is 48.1 Å². The Bertz CT molecular complexity index is 3420. The van der Waals surface area contributed by atoms with E-state index in [0.717, 1.165) is 78.6 Å². The first-order valence-corrected chi connectivity index (χ1v) is 23.0. The summed E-state index contributed by atoms with van der Waals surface area (Å²) in [7, 11) is -1.16. The molecule has 0 radical (unpaired) electrons. The normalized spacial score (nSPS) is 13.0. The first-order valence-electron chi connectivity index (χ1n) is 21.0. The van der Waals surface area contributed by atoms with E-state index in [0.29, 0.717) is 0 Å². The number of benzene rings is 8. The molecule has 12 rings (SSSR count). The van der Waals surface area contributed by atoms with Crippen LogP contribution in [0.25, 0.3) is 50.0 Å². The molecule has 0 spiro atoms. The summed E-state index contributed by atoms with van der Waals surface area (Å²) >= 11 is 0. The standard InChI is InChI=1S/C55H39N5OSi/c1-58-46-31-14-12-29-44(46)57-55(58)38-20-19-23-40(36-38)61-49-37-48-52(43-28-11-13-30-45(43)60(48)51-34-17-18-35-56-51)53-54(49)62(41-24-7-3-8-25-41,42-26-9-4-10-27-42)50-33-16-15-32-47(50)59(53)39-21-5-2-6-22-39/h2-37H,1H3. The fourth-order valence-electron chi connectivity index (χ4n) is 9.94. The van der Waals surface area contributed by atoms with Crippen LogP contribution in [0.15, 0.2) is 219 Å². The molecule has 0 saturated carbocycles. The molecule has 4 heterocycles. The van der Waals surface area contributed by atoms with E-state index in [2.05, 4.69) is 221 Å². The van der Waals surface area contributed by atoms with Crippen molar-refractivity contribution in [3.8, 4) is 28.7 Å². The third-order valence-corrected chi connectivity index (χ3v) is 17.3. The van der Waals surface area contributed by atoms with Gasteiger partial charge in [0.1, 0.15) is 23.1 Å². The number of ether oxygens (including phenoxy) is 1. The molecule has 0 saturated heterocycles. The summed E-state index contributed by atoms with van der Waals surface area (Å²) in [5.41, 5.74) is 8.43. The summed E-state index contributed by atoms with van der Waals surface area (Å²) in [5.74, 6) is 3.24. The maximum atomic E-state index is 7.58. The Morgan fingerprint density at radius 3 is 1.95 bits per heavy atom. The van der Waals surface area contributed by atoms with E-state index < -0.39 is 8.07 Å². The average Bonchev–Trinajstić information content (AvgIpc) is 3.86. The second-order valence-corrected chi connectivity index (χ2v) is 19.5. The molecule has 3 aromatic heterocycles. The predicted octanol–water partition coefficient (Wildman–Crippen LogP) is 10.7. The van der Waals surface area contributed by atoms with Gasteiger partial charge in [0.25, 0.3) is 0 Å². The maximum Gasteiger partial charge on any atom is 0.188 e. The Balaban J connectivity index is 1.26. The monoisotopic (exact) mass is 813 g/mol. The van der Waals surface area contributed by atoms with Crippen molar-refractivity contribution in [2.45, 2.75) is 0 Å². The Hall–Kier alpha value is -8.00. The van der Waals surface area contributed by atoms with Crippen molar-refractivity contribution < 1.29 is 4.74 Å². The molecular formula is C55H39N5OSi. The summed E-state index contributed by atoms with van der Waals surface area (Å²) in [5, 5.41) is 7.31. The lowest BCUT2D eigenvalue weighted by Crippen LogP contribution is -2.77. The highest BCUT2D eigenvalue weighted by Gasteiger charge is 2.52. The van der Waals surface area contributed by atoms with Gasteiger partial charge in [0.15, 0.2) is 8.07 Å². The van der Waals surface area contributed by atoms with E-state index in [1.807, 2.05) is 18.3 Å². The van der Waals surface area contributed by atoms with Gasteiger partial charge in [-0.05, 0) is 76.2 Å². The van der Waals surface area contributed by atoms with Crippen molar-refractivity contribution in [1.29, 1.82) is 0 Å². The summed E-state index contributed by atoms with van der Waals surface area (Å²) < 4.78 is 12.0. The lowest BCUT2D eigenvalue weighted by molar-refractivity contribution is 0.487. The molecule has 0 amide bonds. The number of pyridine rings is 1. The first-order chi connectivity index (χ1) is 30.7. The number of fused-ring (bicyclic) bond motifs is 7. The van der Waals surface area contributed by atoms with E-state index in [1.54, 1.807) is 0 Å². The summed E-state index contributed by atoms with van der Waals surface area (Å²) in [4.78, 5) is 12.5. The molecule has 6 nitrogen and oxygen atoms in total. The largest absolute Gasteiger partial charge is 0.457 e. The molecule has 1 aliphatic heterocycles. The molecule has 0 atom stereocenters. The molecule has 0 fully saturated rings. The number of nitrogens with zero attached hydrogens (tertiary/aromatic N) is 5. The van der Waals surface area contributed by atoms with Crippen molar-refractivity contribution in [2.75, 3.05) is 4.90 Å². The van der Waals surface area contributed by atoms with Crippen LogP contribution in [-0.2, 0) is 7.05 Å². The van der Waals surface area contributed by atoms with Crippen molar-refractivity contribution in [3.05, 3.63) is 219 Å². The minimum absolute atomic E-state index is 0.728. The fourth-order valence-corrected chi connectivity index (χ4v) is 15.1. The highest BCUT2D eigenvalue weighted by Crippen LogP contribution is 2.48. The zero-order valence-electron chi connectivity index (χ0n) is 33.9. The van der Waals surface area contributed by atoms with Crippen LogP contribution < -0.4 is 30.4 Å². The third-order valence-electron chi connectivity index (χ3n) is 12.5. The maximum absolute atomic E-state index is 7.58. The van der Waals surface area contributed by atoms with Gasteiger partial charge in [0, 0.05) is 52.2 Å². The van der Waals surface area contributed by atoms with Gasteiger partial charge in [-0.3, -0.25) is 4.57 Å². The Kier molecular flexibility index (Phi) is 8.30. The minimum Gasteiger partial charge on any atom is -0.457 e. The predicted molar refractivity (Wildman–Crippen MR) is 257 cm³/mol. The summed E-state index contributed by atoms with van der Waals surface area (Å²) in [6.07, 6.45) is 1.87. The SMILES string of the molecule is Cn1c(-c2cccc(Oc3cc4c(c5c3[Si](c3ccccc3)(c3ccccc3)c3ccccc3N5c3ccccc3)c3ccccc3n4-c3ccccn3)c2)nc2ccccc21. The first kappa shape index (κ1) is 35.9. The average molecular weight is 814 g/mol. The summed E-state index contributed by atoms with van der Waals surface area (Å²) in [6, 6.07) is 75.9. The van der Waals surface area contributed by atoms with Crippen LogP contribution in [0.4, 0.5) is 17.1 Å². The molecular weight excluding hydrogens is 775 g/mol. The molecule has 7 heteroatoms. The van der Waals surface area contributed by atoms with Gasteiger partial charge in [-0.15, -0.1) is 0 Å². The van der Waals surface area contributed by atoms with Crippen molar-refractivity contribution in [3.63, 3.8) is 0 Å². The molecule has 8 aromatic carbocycles. The number of para-hydroxylation sites is 5. The zero-order valence-corrected chi connectivity index (χ0v) is 34.9. The second-order valence-electron chi connectivity index (χ2n) is 15.8. The van der Waals surface area contributed by atoms with Gasteiger partial charge >= 0.3 is 0 Å². The number of hydrogen-bond acceptors (Lipinski definition) is 4. The fraction of sp³-hybridized carbons (Fsp3) is 0.0182. The molecule has 0 aliphatic carbocycles. The Morgan fingerprint density at radius 2 is 1.21 bits per heavy atom. The van der Waals surface area contributed by atoms with Gasteiger partial charge < -0.3 is 14.2 Å². The number of hydrogen-bond donors (Lipinski definition) is 0. The highest BCUT2D eigenvalue weighted by molar-refractivity contribution is 7.22. The van der Waals surface area contributed by atoms with E-state index in [9.17, 15) is 0 Å². The van der Waals surface area contributed by atoms with E-state index in [1.165, 1.54) is 20.7 Å². The van der Waals surface area contributed by atoms with Crippen molar-refractivity contribution in [2.24, 2.45) is 7.05 Å². The van der Waals surface area contributed by atoms with Gasteiger partial charge in [-0.2, -0.15) is 0 Å². The third kappa shape index (κ3) is 5.35. The Labute approximate surface area is 360 Å². The second kappa shape index (κ2) is 14.3. The van der Waals surface area contributed by atoms with Crippen LogP contribution in [0, 0.1) is 0 Å². The van der Waals surface area contributed by atoms with Gasteiger partial charge in [-0.1, -0.05) is 146 Å². The van der Waals surface area contributed by atoms with Crippen LogP contribution in [0.3, 0.4) is 0 Å². The van der Waals surface area contributed by atoms with Gasteiger partial charge in [0.05, 0.1) is 27.8 Å². The van der Waals surface area contributed by atoms with Crippen LogP contribution in [-0.4, -0.2) is 27.2 Å². The van der Waals surface area contributed by atoms with Crippen molar-refractivity contribution in [1.82, 2.24) is 19.1 Å². The summed E-state index contributed by atoms with van der Waals surface area (Å²) in [6.45, 7) is 0. The minimum atomic E-state index is -3.24.